The topological polar surface area (TPSA) is 61.9 Å². The zero-order valence-corrected chi connectivity index (χ0v) is 17.2. The number of ketones is 1. The summed E-state index contributed by atoms with van der Waals surface area (Å²) in [6, 6.07) is 5.49. The predicted octanol–water partition coefficient (Wildman–Crippen LogP) is 5.10. The lowest BCUT2D eigenvalue weighted by Crippen LogP contribution is -2.08. The van der Waals surface area contributed by atoms with E-state index in [1.54, 1.807) is 25.2 Å². The number of rotatable bonds is 8. The molecule has 0 unspecified atom stereocenters. The summed E-state index contributed by atoms with van der Waals surface area (Å²) in [6.45, 7) is -0.225. The fourth-order valence-electron chi connectivity index (χ4n) is 2.93. The summed E-state index contributed by atoms with van der Waals surface area (Å²) in [7, 11) is 3.02. The Morgan fingerprint density at radius 1 is 1.19 bits per heavy atom. The standard InChI is InChI=1S/C20H17ClF4N4O2/c1-28-10-13(21)18(27-28)16(30)5-3-11-4-6-17(31-2)12(7-11)9-29-15(20(24)25)8-14(26-29)19(22)23/h3-8,10,19-20H,9H2,1-2H3/b5-3+. The van der Waals surface area contributed by atoms with E-state index in [2.05, 4.69) is 10.2 Å². The molecule has 0 radical (unpaired) electrons. The number of allylic oxidation sites excluding steroid dienone is 1. The van der Waals surface area contributed by atoms with Crippen LogP contribution in [0.4, 0.5) is 17.6 Å². The highest BCUT2D eigenvalue weighted by Crippen LogP contribution is 2.28. The van der Waals surface area contributed by atoms with Crippen LogP contribution in [0.3, 0.4) is 0 Å². The zero-order valence-electron chi connectivity index (χ0n) is 16.4. The van der Waals surface area contributed by atoms with Crippen molar-refractivity contribution in [1.82, 2.24) is 19.6 Å². The summed E-state index contributed by atoms with van der Waals surface area (Å²) in [4.78, 5) is 12.3. The van der Waals surface area contributed by atoms with Crippen molar-refractivity contribution in [1.29, 1.82) is 0 Å². The molecule has 2 heterocycles. The maximum Gasteiger partial charge on any atom is 0.282 e. The number of ether oxygens (including phenoxy) is 1. The van der Waals surface area contributed by atoms with Crippen LogP contribution < -0.4 is 4.74 Å². The van der Waals surface area contributed by atoms with Crippen LogP contribution >= 0.6 is 11.6 Å². The third-order valence-electron chi connectivity index (χ3n) is 4.35. The van der Waals surface area contributed by atoms with Gasteiger partial charge in [-0.2, -0.15) is 10.2 Å². The zero-order chi connectivity index (χ0) is 22.7. The van der Waals surface area contributed by atoms with Crippen LogP contribution in [0.15, 0.2) is 36.5 Å². The first kappa shape index (κ1) is 22.5. The van der Waals surface area contributed by atoms with Crippen LogP contribution in [0, 0.1) is 0 Å². The van der Waals surface area contributed by atoms with Gasteiger partial charge in [0.05, 0.1) is 18.7 Å². The molecular formula is C20H17ClF4N4O2. The van der Waals surface area contributed by atoms with Crippen LogP contribution in [0.1, 0.15) is 45.9 Å². The van der Waals surface area contributed by atoms with Gasteiger partial charge in [0.2, 0.25) is 5.78 Å². The van der Waals surface area contributed by atoms with Gasteiger partial charge in [-0.25, -0.2) is 17.6 Å². The van der Waals surface area contributed by atoms with Crippen molar-refractivity contribution >= 4 is 23.5 Å². The first-order valence-electron chi connectivity index (χ1n) is 8.92. The van der Waals surface area contributed by atoms with Crippen LogP contribution in [-0.4, -0.2) is 32.5 Å². The molecule has 164 valence electrons. The molecule has 0 spiro atoms. The Hall–Kier alpha value is -3.14. The number of carbonyl (C=O) groups excluding carboxylic acids is 1. The first-order valence-corrected chi connectivity index (χ1v) is 9.29. The second-order valence-corrected chi connectivity index (χ2v) is 6.93. The van der Waals surface area contributed by atoms with Gasteiger partial charge in [-0.05, 0) is 29.8 Å². The summed E-state index contributed by atoms with van der Waals surface area (Å²) in [5.74, 6) is -0.0674. The van der Waals surface area contributed by atoms with Crippen molar-refractivity contribution in [3.63, 3.8) is 0 Å². The van der Waals surface area contributed by atoms with Gasteiger partial charge in [0.1, 0.15) is 17.1 Å². The van der Waals surface area contributed by atoms with E-state index in [4.69, 9.17) is 16.3 Å². The van der Waals surface area contributed by atoms with E-state index in [1.165, 1.54) is 30.1 Å². The minimum absolute atomic E-state index is 0.0896. The van der Waals surface area contributed by atoms with Crippen LogP contribution in [0.2, 0.25) is 5.02 Å². The van der Waals surface area contributed by atoms with Gasteiger partial charge in [-0.15, -0.1) is 0 Å². The van der Waals surface area contributed by atoms with Crippen LogP contribution in [-0.2, 0) is 13.6 Å². The Balaban J connectivity index is 1.89. The van der Waals surface area contributed by atoms with Crippen molar-refractivity contribution < 1.29 is 27.1 Å². The van der Waals surface area contributed by atoms with Crippen molar-refractivity contribution in [3.05, 3.63) is 69.8 Å². The maximum atomic E-state index is 13.3. The molecule has 3 aromatic rings. The Morgan fingerprint density at radius 3 is 2.52 bits per heavy atom. The Bertz CT molecular complexity index is 1120. The largest absolute Gasteiger partial charge is 0.496 e. The predicted molar refractivity (Wildman–Crippen MR) is 106 cm³/mol. The molecule has 0 aliphatic rings. The van der Waals surface area contributed by atoms with Crippen molar-refractivity contribution in [2.24, 2.45) is 7.05 Å². The number of alkyl halides is 4. The van der Waals surface area contributed by atoms with E-state index < -0.39 is 30.0 Å². The number of aryl methyl sites for hydroxylation is 1. The van der Waals surface area contributed by atoms with Gasteiger partial charge in [0, 0.05) is 18.8 Å². The summed E-state index contributed by atoms with van der Waals surface area (Å²) in [5, 5.41) is 7.79. The maximum absolute atomic E-state index is 13.3. The lowest BCUT2D eigenvalue weighted by molar-refractivity contribution is 0.104. The number of benzene rings is 1. The minimum atomic E-state index is -2.98. The first-order chi connectivity index (χ1) is 14.7. The van der Waals surface area contributed by atoms with E-state index in [0.29, 0.717) is 22.9 Å². The highest BCUT2D eigenvalue weighted by atomic mass is 35.5. The summed E-state index contributed by atoms with van der Waals surface area (Å²) in [5.41, 5.74) is -0.303. The highest BCUT2D eigenvalue weighted by Gasteiger charge is 2.22. The van der Waals surface area contributed by atoms with Gasteiger partial charge in [-0.3, -0.25) is 14.2 Å². The number of halogens is 5. The number of carbonyl (C=O) groups is 1. The molecule has 0 saturated heterocycles. The Kier molecular flexibility index (Phi) is 6.79. The van der Waals surface area contributed by atoms with E-state index >= 15 is 0 Å². The molecule has 1 aromatic carbocycles. The molecule has 0 bridgehead atoms. The number of methoxy groups -OCH3 is 1. The lowest BCUT2D eigenvalue weighted by atomic mass is 10.1. The van der Waals surface area contributed by atoms with E-state index in [0.717, 1.165) is 4.68 Å². The number of aromatic nitrogens is 4. The SMILES string of the molecule is COc1ccc(/C=C/C(=O)c2nn(C)cc2Cl)cc1Cn1nc(C(F)F)cc1C(F)F. The molecule has 0 atom stereocenters. The lowest BCUT2D eigenvalue weighted by Gasteiger charge is -2.12. The second kappa shape index (κ2) is 9.34. The second-order valence-electron chi connectivity index (χ2n) is 6.52. The minimum Gasteiger partial charge on any atom is -0.496 e. The molecule has 11 heteroatoms. The Morgan fingerprint density at radius 2 is 1.94 bits per heavy atom. The van der Waals surface area contributed by atoms with Crippen molar-refractivity contribution in [2.75, 3.05) is 7.11 Å². The molecule has 0 saturated carbocycles. The van der Waals surface area contributed by atoms with Gasteiger partial charge in [0.25, 0.3) is 12.9 Å². The fourth-order valence-corrected chi connectivity index (χ4v) is 3.20. The molecule has 31 heavy (non-hydrogen) atoms. The normalized spacial score (nSPS) is 11.8. The van der Waals surface area contributed by atoms with E-state index in [1.807, 2.05) is 0 Å². The smallest absolute Gasteiger partial charge is 0.282 e. The number of hydrogen-bond acceptors (Lipinski definition) is 4. The average molecular weight is 457 g/mol. The fraction of sp³-hybridized carbons (Fsp3) is 0.250. The molecule has 6 nitrogen and oxygen atoms in total. The quantitative estimate of drug-likeness (QED) is 0.269. The van der Waals surface area contributed by atoms with Gasteiger partial charge < -0.3 is 4.74 Å². The number of hydrogen-bond donors (Lipinski definition) is 0. The summed E-state index contributed by atoms with van der Waals surface area (Å²) < 4.78 is 59.8. The average Bonchev–Trinajstić information content (AvgIpc) is 3.29. The third kappa shape index (κ3) is 5.13. The highest BCUT2D eigenvalue weighted by molar-refractivity contribution is 6.34. The van der Waals surface area contributed by atoms with Gasteiger partial charge in [0.15, 0.2) is 5.69 Å². The summed E-state index contributed by atoms with van der Waals surface area (Å²) in [6.07, 6.45) is -1.69. The van der Waals surface area contributed by atoms with Crippen molar-refractivity contribution in [3.8, 4) is 5.75 Å². The monoisotopic (exact) mass is 456 g/mol. The molecule has 0 amide bonds. The molecule has 0 aliphatic carbocycles. The molecule has 0 N–H and O–H groups in total. The summed E-state index contributed by atoms with van der Waals surface area (Å²) >= 11 is 5.96. The van der Waals surface area contributed by atoms with Gasteiger partial charge >= 0.3 is 0 Å². The molecule has 0 fully saturated rings. The molecule has 3 rings (SSSR count). The number of nitrogens with zero attached hydrogens (tertiary/aromatic N) is 4. The molecule has 2 aromatic heterocycles. The van der Waals surface area contributed by atoms with E-state index in [9.17, 15) is 22.4 Å². The Labute approximate surface area is 179 Å². The molecular weight excluding hydrogens is 440 g/mol. The van der Waals surface area contributed by atoms with Crippen molar-refractivity contribution in [2.45, 2.75) is 19.4 Å². The van der Waals surface area contributed by atoms with Crippen LogP contribution in [0.5, 0.6) is 5.75 Å². The van der Waals surface area contributed by atoms with Crippen LogP contribution in [0.25, 0.3) is 6.08 Å². The van der Waals surface area contributed by atoms with Gasteiger partial charge in [-0.1, -0.05) is 23.7 Å². The third-order valence-corrected chi connectivity index (χ3v) is 4.62. The molecule has 0 aliphatic heterocycles. The van der Waals surface area contributed by atoms with E-state index in [-0.39, 0.29) is 17.3 Å².